The molecule has 5 heteroatoms. The van der Waals surface area contributed by atoms with Crippen LogP contribution in [0, 0.1) is 6.92 Å². The van der Waals surface area contributed by atoms with Gasteiger partial charge in [-0.3, -0.25) is 9.69 Å². The molecular weight excluding hydrogens is 436 g/mol. The number of benzene rings is 3. The van der Waals surface area contributed by atoms with E-state index < -0.39 is 0 Å². The van der Waals surface area contributed by atoms with Crippen LogP contribution in [0.5, 0.6) is 11.5 Å². The van der Waals surface area contributed by atoms with Crippen LogP contribution < -0.4 is 9.47 Å². The minimum absolute atomic E-state index is 0.0440. The van der Waals surface area contributed by atoms with Gasteiger partial charge in [-0.05, 0) is 48.7 Å². The van der Waals surface area contributed by atoms with Crippen molar-refractivity contribution in [1.29, 1.82) is 0 Å². The standard InChI is InChI=1S/C30H34N2O3/c1-3-34-29-21-25(12-14-28(29)35-23-26-9-5-4-6-10-26)13-15-30(33)32-18-16-31(17-19-32)22-27-11-7-8-24(2)20-27/h4-15,20-21H,3,16-19,22-23H2,1-2H3/b15-13+. The smallest absolute Gasteiger partial charge is 0.246 e. The van der Waals surface area contributed by atoms with Crippen molar-refractivity contribution in [3.63, 3.8) is 0 Å². The van der Waals surface area contributed by atoms with Crippen molar-refractivity contribution in [2.45, 2.75) is 27.0 Å². The third-order valence-corrected chi connectivity index (χ3v) is 6.10. The lowest BCUT2D eigenvalue weighted by atomic mass is 10.1. The fourth-order valence-electron chi connectivity index (χ4n) is 4.22. The van der Waals surface area contributed by atoms with E-state index in [9.17, 15) is 4.79 Å². The van der Waals surface area contributed by atoms with Gasteiger partial charge in [-0.15, -0.1) is 0 Å². The summed E-state index contributed by atoms with van der Waals surface area (Å²) in [6.45, 7) is 9.27. The molecular formula is C30H34N2O3. The molecule has 5 nitrogen and oxygen atoms in total. The lowest BCUT2D eigenvalue weighted by Crippen LogP contribution is -2.47. The van der Waals surface area contributed by atoms with Gasteiger partial charge in [-0.25, -0.2) is 0 Å². The van der Waals surface area contributed by atoms with Crippen LogP contribution in [0.15, 0.2) is 78.9 Å². The van der Waals surface area contributed by atoms with E-state index in [-0.39, 0.29) is 5.91 Å². The Kier molecular flexibility index (Phi) is 8.58. The zero-order chi connectivity index (χ0) is 24.5. The fraction of sp³-hybridized carbons (Fsp3) is 0.300. The minimum atomic E-state index is 0.0440. The number of carbonyl (C=O) groups excluding carboxylic acids is 1. The largest absolute Gasteiger partial charge is 0.490 e. The number of ether oxygens (including phenoxy) is 2. The zero-order valence-electron chi connectivity index (χ0n) is 20.7. The van der Waals surface area contributed by atoms with Crippen LogP contribution in [-0.4, -0.2) is 48.5 Å². The van der Waals surface area contributed by atoms with E-state index in [4.69, 9.17) is 9.47 Å². The molecule has 0 saturated carbocycles. The predicted molar refractivity (Wildman–Crippen MR) is 140 cm³/mol. The van der Waals surface area contributed by atoms with Gasteiger partial charge in [0.25, 0.3) is 0 Å². The Bertz CT molecular complexity index is 1140. The number of piperazine rings is 1. The summed E-state index contributed by atoms with van der Waals surface area (Å²) in [7, 11) is 0. The molecule has 0 radical (unpaired) electrons. The Morgan fingerprint density at radius 2 is 1.63 bits per heavy atom. The molecule has 0 atom stereocenters. The van der Waals surface area contributed by atoms with Gasteiger partial charge in [-0.1, -0.05) is 66.2 Å². The summed E-state index contributed by atoms with van der Waals surface area (Å²) in [5.41, 5.74) is 4.62. The van der Waals surface area contributed by atoms with Crippen molar-refractivity contribution in [3.05, 3.63) is 101 Å². The highest BCUT2D eigenvalue weighted by Gasteiger charge is 2.19. The van der Waals surface area contributed by atoms with Crippen molar-refractivity contribution in [2.24, 2.45) is 0 Å². The highest BCUT2D eigenvalue weighted by molar-refractivity contribution is 5.92. The van der Waals surface area contributed by atoms with E-state index in [2.05, 4.69) is 36.1 Å². The number of nitrogens with zero attached hydrogens (tertiary/aromatic N) is 2. The quantitative estimate of drug-likeness (QED) is 0.397. The van der Waals surface area contributed by atoms with E-state index in [1.807, 2.05) is 66.4 Å². The normalized spacial score (nSPS) is 14.3. The van der Waals surface area contributed by atoms with Crippen molar-refractivity contribution in [3.8, 4) is 11.5 Å². The lowest BCUT2D eigenvalue weighted by molar-refractivity contribution is -0.127. The Balaban J connectivity index is 1.31. The Labute approximate surface area is 208 Å². The summed E-state index contributed by atoms with van der Waals surface area (Å²) in [5, 5.41) is 0. The van der Waals surface area contributed by atoms with Gasteiger partial charge in [-0.2, -0.15) is 0 Å². The summed E-state index contributed by atoms with van der Waals surface area (Å²) in [5.74, 6) is 1.43. The molecule has 0 aliphatic carbocycles. The van der Waals surface area contributed by atoms with Gasteiger partial charge >= 0.3 is 0 Å². The molecule has 1 aliphatic rings. The second-order valence-electron chi connectivity index (χ2n) is 8.84. The van der Waals surface area contributed by atoms with E-state index in [0.717, 1.165) is 43.9 Å². The van der Waals surface area contributed by atoms with Crippen LogP contribution in [0.2, 0.25) is 0 Å². The van der Waals surface area contributed by atoms with Crippen molar-refractivity contribution in [1.82, 2.24) is 9.80 Å². The third kappa shape index (κ3) is 7.20. The number of carbonyl (C=O) groups is 1. The fourth-order valence-corrected chi connectivity index (χ4v) is 4.22. The topological polar surface area (TPSA) is 42.0 Å². The van der Waals surface area contributed by atoms with Gasteiger partial charge < -0.3 is 14.4 Å². The van der Waals surface area contributed by atoms with Gasteiger partial charge in [0.15, 0.2) is 11.5 Å². The van der Waals surface area contributed by atoms with E-state index >= 15 is 0 Å². The molecule has 0 spiro atoms. The van der Waals surface area contributed by atoms with E-state index in [1.165, 1.54) is 11.1 Å². The summed E-state index contributed by atoms with van der Waals surface area (Å²) < 4.78 is 11.8. The SMILES string of the molecule is CCOc1cc(/C=C/C(=O)N2CCN(Cc3cccc(C)c3)CC2)ccc1OCc1ccccc1. The van der Waals surface area contributed by atoms with Crippen LogP contribution in [-0.2, 0) is 17.9 Å². The molecule has 1 aliphatic heterocycles. The molecule has 0 bridgehead atoms. The Morgan fingerprint density at radius 1 is 0.857 bits per heavy atom. The predicted octanol–water partition coefficient (Wildman–Crippen LogP) is 5.33. The maximum absolute atomic E-state index is 12.8. The molecule has 0 aromatic heterocycles. The van der Waals surface area contributed by atoms with Crippen molar-refractivity contribution < 1.29 is 14.3 Å². The summed E-state index contributed by atoms with van der Waals surface area (Å²) >= 11 is 0. The molecule has 182 valence electrons. The molecule has 1 fully saturated rings. The Hall–Kier alpha value is -3.57. The first-order chi connectivity index (χ1) is 17.1. The second-order valence-corrected chi connectivity index (χ2v) is 8.84. The molecule has 0 N–H and O–H groups in total. The monoisotopic (exact) mass is 470 g/mol. The number of amides is 1. The molecule has 3 aromatic rings. The molecule has 4 rings (SSSR count). The molecule has 1 heterocycles. The molecule has 0 unspecified atom stereocenters. The van der Waals surface area contributed by atoms with Gasteiger partial charge in [0, 0.05) is 38.8 Å². The average molecular weight is 471 g/mol. The number of hydrogen-bond acceptors (Lipinski definition) is 4. The van der Waals surface area contributed by atoms with Crippen LogP contribution in [0.25, 0.3) is 6.08 Å². The van der Waals surface area contributed by atoms with Gasteiger partial charge in [0.1, 0.15) is 6.61 Å². The summed E-state index contributed by atoms with van der Waals surface area (Å²) in [6, 6.07) is 24.5. The second kappa shape index (κ2) is 12.2. The number of rotatable bonds is 9. The third-order valence-electron chi connectivity index (χ3n) is 6.10. The molecule has 35 heavy (non-hydrogen) atoms. The first-order valence-electron chi connectivity index (χ1n) is 12.3. The summed E-state index contributed by atoms with van der Waals surface area (Å²) in [4.78, 5) is 17.1. The van der Waals surface area contributed by atoms with Crippen molar-refractivity contribution >= 4 is 12.0 Å². The number of hydrogen-bond donors (Lipinski definition) is 0. The molecule has 1 amide bonds. The highest BCUT2D eigenvalue weighted by Crippen LogP contribution is 2.30. The van der Waals surface area contributed by atoms with Gasteiger partial charge in [0.2, 0.25) is 5.91 Å². The maximum Gasteiger partial charge on any atom is 0.246 e. The first-order valence-corrected chi connectivity index (χ1v) is 12.3. The minimum Gasteiger partial charge on any atom is -0.490 e. The average Bonchev–Trinajstić information content (AvgIpc) is 2.88. The van der Waals surface area contributed by atoms with Crippen LogP contribution in [0.4, 0.5) is 0 Å². The van der Waals surface area contributed by atoms with Crippen LogP contribution >= 0.6 is 0 Å². The van der Waals surface area contributed by atoms with E-state index in [0.29, 0.717) is 24.7 Å². The zero-order valence-corrected chi connectivity index (χ0v) is 20.7. The van der Waals surface area contributed by atoms with Crippen LogP contribution in [0.3, 0.4) is 0 Å². The summed E-state index contributed by atoms with van der Waals surface area (Å²) in [6.07, 6.45) is 3.51. The highest BCUT2D eigenvalue weighted by atomic mass is 16.5. The Morgan fingerprint density at radius 3 is 2.37 bits per heavy atom. The molecule has 1 saturated heterocycles. The lowest BCUT2D eigenvalue weighted by Gasteiger charge is -2.34. The van der Waals surface area contributed by atoms with Crippen molar-refractivity contribution in [2.75, 3.05) is 32.8 Å². The number of aryl methyl sites for hydroxylation is 1. The van der Waals surface area contributed by atoms with Crippen LogP contribution in [0.1, 0.15) is 29.2 Å². The van der Waals surface area contributed by atoms with E-state index in [1.54, 1.807) is 6.08 Å². The first kappa shape index (κ1) is 24.6. The maximum atomic E-state index is 12.8. The molecule has 3 aromatic carbocycles. The van der Waals surface area contributed by atoms with Gasteiger partial charge in [0.05, 0.1) is 6.61 Å².